The quantitative estimate of drug-likeness (QED) is 0.716. The summed E-state index contributed by atoms with van der Waals surface area (Å²) in [5.74, 6) is -0.355. The van der Waals surface area contributed by atoms with E-state index < -0.39 is 11.7 Å². The van der Waals surface area contributed by atoms with Crippen molar-refractivity contribution in [3.63, 3.8) is 0 Å². The minimum atomic E-state index is -4.45. The Morgan fingerprint density at radius 2 is 1.86 bits per heavy atom. The van der Waals surface area contributed by atoms with Gasteiger partial charge in [0.1, 0.15) is 0 Å². The number of hydrogen-bond donors (Lipinski definition) is 0. The summed E-state index contributed by atoms with van der Waals surface area (Å²) < 4.78 is 38.7. The standard InChI is InChI=1S/C14H15BrF3NOS/c1-8-6-19(7-9(2)21-8)13(20)11-5-10(14(16,17)18)3-4-12(11)15/h3-5,8-9H,6-7H2,1-2H3. The molecule has 21 heavy (non-hydrogen) atoms. The van der Waals surface area contributed by atoms with Gasteiger partial charge in [0.2, 0.25) is 0 Å². The van der Waals surface area contributed by atoms with Gasteiger partial charge in [-0.3, -0.25) is 4.79 Å². The molecule has 1 fully saturated rings. The summed E-state index contributed by atoms with van der Waals surface area (Å²) in [6.07, 6.45) is -4.45. The molecule has 0 radical (unpaired) electrons. The fourth-order valence-corrected chi connectivity index (χ4v) is 4.12. The van der Waals surface area contributed by atoms with E-state index in [4.69, 9.17) is 0 Å². The number of thioether (sulfide) groups is 1. The van der Waals surface area contributed by atoms with E-state index in [1.54, 1.807) is 16.7 Å². The zero-order valence-corrected chi connectivity index (χ0v) is 14.0. The summed E-state index contributed by atoms with van der Waals surface area (Å²) in [5, 5.41) is 0.560. The lowest BCUT2D eigenvalue weighted by molar-refractivity contribution is -0.137. The second-order valence-electron chi connectivity index (χ2n) is 5.16. The van der Waals surface area contributed by atoms with Crippen LogP contribution in [0.2, 0.25) is 0 Å². The molecule has 0 aliphatic carbocycles. The number of benzene rings is 1. The van der Waals surface area contributed by atoms with Crippen LogP contribution in [-0.2, 0) is 6.18 Å². The van der Waals surface area contributed by atoms with Crippen LogP contribution in [-0.4, -0.2) is 34.4 Å². The molecule has 1 saturated heterocycles. The minimum Gasteiger partial charge on any atom is -0.336 e. The van der Waals surface area contributed by atoms with Crippen LogP contribution in [0.3, 0.4) is 0 Å². The number of carbonyl (C=O) groups excluding carboxylic acids is 1. The largest absolute Gasteiger partial charge is 0.416 e. The number of halogens is 4. The van der Waals surface area contributed by atoms with Gasteiger partial charge in [-0.2, -0.15) is 24.9 Å². The van der Waals surface area contributed by atoms with Crippen LogP contribution in [0.25, 0.3) is 0 Å². The van der Waals surface area contributed by atoms with E-state index in [0.29, 0.717) is 17.6 Å². The van der Waals surface area contributed by atoms with Gasteiger partial charge in [0, 0.05) is 28.1 Å². The Balaban J connectivity index is 2.30. The van der Waals surface area contributed by atoms with Crippen LogP contribution in [0.4, 0.5) is 13.2 Å². The third kappa shape index (κ3) is 3.94. The van der Waals surface area contributed by atoms with Crippen LogP contribution < -0.4 is 0 Å². The van der Waals surface area contributed by atoms with E-state index in [2.05, 4.69) is 15.9 Å². The van der Waals surface area contributed by atoms with Crippen molar-refractivity contribution in [2.24, 2.45) is 0 Å². The van der Waals surface area contributed by atoms with Gasteiger partial charge in [0.15, 0.2) is 0 Å². The zero-order valence-electron chi connectivity index (χ0n) is 11.6. The topological polar surface area (TPSA) is 20.3 Å². The Kier molecular flexibility index (Phi) is 4.92. The zero-order chi connectivity index (χ0) is 15.8. The first-order valence-corrected chi connectivity index (χ1v) is 8.23. The van der Waals surface area contributed by atoms with E-state index in [9.17, 15) is 18.0 Å². The molecule has 2 atom stereocenters. The lowest BCUT2D eigenvalue weighted by atomic mass is 10.1. The molecule has 1 aliphatic rings. The molecule has 1 aliphatic heterocycles. The molecule has 1 aromatic carbocycles. The van der Waals surface area contributed by atoms with Gasteiger partial charge in [-0.25, -0.2) is 0 Å². The van der Waals surface area contributed by atoms with Crippen LogP contribution >= 0.6 is 27.7 Å². The van der Waals surface area contributed by atoms with Crippen molar-refractivity contribution < 1.29 is 18.0 Å². The summed E-state index contributed by atoms with van der Waals surface area (Å²) >= 11 is 4.96. The van der Waals surface area contributed by atoms with Crippen molar-refractivity contribution in [2.75, 3.05) is 13.1 Å². The van der Waals surface area contributed by atoms with Crippen molar-refractivity contribution in [1.82, 2.24) is 4.90 Å². The Hall–Kier alpha value is -0.690. The van der Waals surface area contributed by atoms with Gasteiger partial charge in [0.05, 0.1) is 11.1 Å². The van der Waals surface area contributed by atoms with Crippen LogP contribution in [0, 0.1) is 0 Å². The first-order chi connectivity index (χ1) is 9.68. The first-order valence-electron chi connectivity index (χ1n) is 6.50. The molecular weight excluding hydrogens is 367 g/mol. The Morgan fingerprint density at radius 3 is 2.38 bits per heavy atom. The molecule has 0 aromatic heterocycles. The molecule has 2 nitrogen and oxygen atoms in total. The Morgan fingerprint density at radius 1 is 1.29 bits per heavy atom. The lowest BCUT2D eigenvalue weighted by Crippen LogP contribution is -2.44. The number of amides is 1. The molecule has 7 heteroatoms. The average molecular weight is 382 g/mol. The first kappa shape index (κ1) is 16.7. The van der Waals surface area contributed by atoms with Crippen molar-refractivity contribution in [3.05, 3.63) is 33.8 Å². The fourth-order valence-electron chi connectivity index (χ4n) is 2.38. The summed E-state index contributed by atoms with van der Waals surface area (Å²) in [6.45, 7) is 5.14. The molecule has 0 saturated carbocycles. The smallest absolute Gasteiger partial charge is 0.336 e. The summed E-state index contributed by atoms with van der Waals surface area (Å²) in [7, 11) is 0. The number of rotatable bonds is 1. The SMILES string of the molecule is CC1CN(C(=O)c2cc(C(F)(F)F)ccc2Br)CC(C)S1. The molecule has 116 valence electrons. The predicted molar refractivity (Wildman–Crippen MR) is 81.6 cm³/mol. The second-order valence-corrected chi connectivity index (χ2v) is 7.90. The predicted octanol–water partition coefficient (Wildman–Crippen LogP) is 4.43. The van der Waals surface area contributed by atoms with Crippen molar-refractivity contribution >= 4 is 33.6 Å². The van der Waals surface area contributed by atoms with Gasteiger partial charge >= 0.3 is 6.18 Å². The molecule has 0 N–H and O–H groups in total. The number of carbonyl (C=O) groups is 1. The highest BCUT2D eigenvalue weighted by Crippen LogP contribution is 2.33. The van der Waals surface area contributed by atoms with Gasteiger partial charge < -0.3 is 4.90 Å². The molecule has 2 rings (SSSR count). The maximum absolute atomic E-state index is 12.8. The third-order valence-corrected chi connectivity index (χ3v) is 5.15. The molecule has 0 spiro atoms. The van der Waals surface area contributed by atoms with Crippen molar-refractivity contribution in [2.45, 2.75) is 30.5 Å². The lowest BCUT2D eigenvalue weighted by Gasteiger charge is -2.34. The Bertz CT molecular complexity index is 540. The molecular formula is C14H15BrF3NOS. The van der Waals surface area contributed by atoms with Crippen LogP contribution in [0.5, 0.6) is 0 Å². The Labute approximate surface area is 134 Å². The highest BCUT2D eigenvalue weighted by Gasteiger charge is 2.33. The van der Waals surface area contributed by atoms with Gasteiger partial charge in [-0.1, -0.05) is 13.8 Å². The molecule has 1 heterocycles. The maximum Gasteiger partial charge on any atom is 0.416 e. The van der Waals surface area contributed by atoms with Crippen molar-refractivity contribution in [1.29, 1.82) is 0 Å². The monoisotopic (exact) mass is 381 g/mol. The summed E-state index contributed by atoms with van der Waals surface area (Å²) in [4.78, 5) is 14.1. The third-order valence-electron chi connectivity index (χ3n) is 3.23. The van der Waals surface area contributed by atoms with E-state index in [1.807, 2.05) is 13.8 Å². The number of alkyl halides is 3. The minimum absolute atomic E-state index is 0.0659. The summed E-state index contributed by atoms with van der Waals surface area (Å²) in [6, 6.07) is 3.17. The maximum atomic E-state index is 12.8. The summed E-state index contributed by atoms with van der Waals surface area (Å²) in [5.41, 5.74) is -0.738. The fraction of sp³-hybridized carbons (Fsp3) is 0.500. The van der Waals surface area contributed by atoms with E-state index in [0.717, 1.165) is 12.1 Å². The van der Waals surface area contributed by atoms with Gasteiger partial charge in [0.25, 0.3) is 5.91 Å². The van der Waals surface area contributed by atoms with Crippen LogP contribution in [0.15, 0.2) is 22.7 Å². The second kappa shape index (κ2) is 6.20. The number of hydrogen-bond acceptors (Lipinski definition) is 2. The molecule has 0 bridgehead atoms. The number of nitrogens with zero attached hydrogens (tertiary/aromatic N) is 1. The van der Waals surface area contributed by atoms with Gasteiger partial charge in [-0.05, 0) is 34.1 Å². The normalized spacial score (nSPS) is 23.2. The van der Waals surface area contributed by atoms with E-state index >= 15 is 0 Å². The molecule has 1 aromatic rings. The molecule has 2 unspecified atom stereocenters. The van der Waals surface area contributed by atoms with Crippen molar-refractivity contribution in [3.8, 4) is 0 Å². The molecule has 1 amide bonds. The van der Waals surface area contributed by atoms with E-state index in [1.165, 1.54) is 6.07 Å². The van der Waals surface area contributed by atoms with Crippen LogP contribution in [0.1, 0.15) is 29.8 Å². The van der Waals surface area contributed by atoms with Gasteiger partial charge in [-0.15, -0.1) is 0 Å². The highest BCUT2D eigenvalue weighted by molar-refractivity contribution is 9.10. The highest BCUT2D eigenvalue weighted by atomic mass is 79.9. The van der Waals surface area contributed by atoms with E-state index in [-0.39, 0.29) is 22.0 Å². The average Bonchev–Trinajstić information content (AvgIpc) is 2.36.